The van der Waals surface area contributed by atoms with E-state index in [9.17, 15) is 10.1 Å². The van der Waals surface area contributed by atoms with Crippen molar-refractivity contribution in [3.05, 3.63) is 0 Å². The van der Waals surface area contributed by atoms with Crippen LogP contribution in [0.2, 0.25) is 0 Å². The lowest BCUT2D eigenvalue weighted by Crippen LogP contribution is -2.48. The summed E-state index contributed by atoms with van der Waals surface area (Å²) in [5.74, 6) is 0.928. The van der Waals surface area contributed by atoms with Gasteiger partial charge < -0.3 is 4.90 Å². The molecule has 4 heteroatoms. The fourth-order valence-corrected chi connectivity index (χ4v) is 3.23. The third-order valence-electron chi connectivity index (χ3n) is 4.50. The van der Waals surface area contributed by atoms with Crippen LogP contribution >= 0.6 is 0 Å². The minimum absolute atomic E-state index is 0.0815. The van der Waals surface area contributed by atoms with Gasteiger partial charge in [-0.25, -0.2) is 0 Å². The molecule has 0 heterocycles. The van der Waals surface area contributed by atoms with E-state index in [4.69, 9.17) is 0 Å². The number of likely N-dealkylation sites (N-methyl/N-ethyl adjacent to an activating group) is 2. The third-order valence-corrected chi connectivity index (χ3v) is 4.50. The zero-order chi connectivity index (χ0) is 15.1. The van der Waals surface area contributed by atoms with Crippen molar-refractivity contribution in [3.8, 4) is 6.07 Å². The van der Waals surface area contributed by atoms with Gasteiger partial charge in [-0.2, -0.15) is 5.26 Å². The molecular formula is C16H29N3O. The van der Waals surface area contributed by atoms with Crippen molar-refractivity contribution in [3.63, 3.8) is 0 Å². The summed E-state index contributed by atoms with van der Waals surface area (Å²) >= 11 is 0. The van der Waals surface area contributed by atoms with Gasteiger partial charge in [0.15, 0.2) is 0 Å². The Morgan fingerprint density at radius 1 is 1.30 bits per heavy atom. The molecule has 1 aliphatic carbocycles. The van der Waals surface area contributed by atoms with Crippen molar-refractivity contribution < 1.29 is 4.79 Å². The number of carbonyl (C=O) groups excluding carboxylic acids is 1. The summed E-state index contributed by atoms with van der Waals surface area (Å²) < 4.78 is 0. The number of rotatable bonds is 6. The maximum Gasteiger partial charge on any atom is 0.236 e. The molecule has 1 saturated carbocycles. The van der Waals surface area contributed by atoms with Crippen LogP contribution in [0.3, 0.4) is 0 Å². The molecule has 3 unspecified atom stereocenters. The smallest absolute Gasteiger partial charge is 0.236 e. The van der Waals surface area contributed by atoms with Crippen LogP contribution in [0.4, 0.5) is 0 Å². The van der Waals surface area contributed by atoms with Crippen molar-refractivity contribution in [2.45, 2.75) is 52.0 Å². The Morgan fingerprint density at radius 2 is 2.00 bits per heavy atom. The molecule has 0 N–H and O–H groups in total. The maximum absolute atomic E-state index is 12.0. The first-order valence-corrected chi connectivity index (χ1v) is 7.87. The summed E-state index contributed by atoms with van der Waals surface area (Å²) in [6.07, 6.45) is 5.67. The van der Waals surface area contributed by atoms with E-state index in [0.29, 0.717) is 6.54 Å². The molecule has 0 aromatic carbocycles. The number of nitrogens with zero attached hydrogens (tertiary/aromatic N) is 3. The summed E-state index contributed by atoms with van der Waals surface area (Å²) in [5.41, 5.74) is 0. The van der Waals surface area contributed by atoms with Crippen molar-refractivity contribution in [2.24, 2.45) is 11.8 Å². The summed E-state index contributed by atoms with van der Waals surface area (Å²) in [6, 6.07) is 2.72. The largest absolute Gasteiger partial charge is 0.348 e. The summed E-state index contributed by atoms with van der Waals surface area (Å²) in [6.45, 7) is 5.58. The quantitative estimate of drug-likeness (QED) is 0.750. The second-order valence-electron chi connectivity index (χ2n) is 6.12. The Kier molecular flexibility index (Phi) is 7.01. The van der Waals surface area contributed by atoms with Gasteiger partial charge in [0.05, 0.1) is 18.5 Å². The molecule has 0 aromatic heterocycles. The van der Waals surface area contributed by atoms with Crippen molar-refractivity contribution in [2.75, 3.05) is 27.2 Å². The van der Waals surface area contributed by atoms with Crippen LogP contribution in [0, 0.1) is 23.2 Å². The van der Waals surface area contributed by atoms with E-state index in [0.717, 1.165) is 25.3 Å². The molecule has 4 nitrogen and oxygen atoms in total. The highest BCUT2D eigenvalue weighted by molar-refractivity contribution is 5.77. The molecule has 1 amide bonds. The first-order valence-electron chi connectivity index (χ1n) is 7.87. The van der Waals surface area contributed by atoms with Gasteiger partial charge in [0.25, 0.3) is 0 Å². The Labute approximate surface area is 123 Å². The Hall–Kier alpha value is -1.08. The summed E-state index contributed by atoms with van der Waals surface area (Å²) in [7, 11) is 3.58. The van der Waals surface area contributed by atoms with E-state index < -0.39 is 0 Å². The summed E-state index contributed by atoms with van der Waals surface area (Å²) in [5, 5.41) is 9.39. The Morgan fingerprint density at radius 3 is 2.50 bits per heavy atom. The average Bonchev–Trinajstić information content (AvgIpc) is 2.44. The van der Waals surface area contributed by atoms with Crippen molar-refractivity contribution in [1.82, 2.24) is 9.80 Å². The average molecular weight is 279 g/mol. The van der Waals surface area contributed by atoms with Gasteiger partial charge in [-0.05, 0) is 31.7 Å². The Bertz CT molecular complexity index is 348. The highest BCUT2D eigenvalue weighted by Gasteiger charge is 2.34. The second kappa shape index (κ2) is 8.26. The molecule has 0 radical (unpaired) electrons. The third kappa shape index (κ3) is 4.49. The van der Waals surface area contributed by atoms with Crippen LogP contribution in [0.25, 0.3) is 0 Å². The van der Waals surface area contributed by atoms with E-state index in [-0.39, 0.29) is 17.9 Å². The second-order valence-corrected chi connectivity index (χ2v) is 6.12. The lowest BCUT2D eigenvalue weighted by atomic mass is 9.76. The molecule has 0 bridgehead atoms. The van der Waals surface area contributed by atoms with Gasteiger partial charge >= 0.3 is 0 Å². The first kappa shape index (κ1) is 17.0. The molecule has 0 aliphatic heterocycles. The number of hydrogen-bond donors (Lipinski definition) is 0. The zero-order valence-electron chi connectivity index (χ0n) is 13.4. The zero-order valence-corrected chi connectivity index (χ0v) is 13.4. The van der Waals surface area contributed by atoms with E-state index in [1.165, 1.54) is 19.3 Å². The molecular weight excluding hydrogens is 250 g/mol. The topological polar surface area (TPSA) is 47.3 Å². The van der Waals surface area contributed by atoms with E-state index in [2.05, 4.69) is 24.8 Å². The molecule has 0 spiro atoms. The predicted octanol–water partition coefficient (Wildman–Crippen LogP) is 2.51. The summed E-state index contributed by atoms with van der Waals surface area (Å²) in [4.78, 5) is 15.8. The number of carbonyl (C=O) groups is 1. The van der Waals surface area contributed by atoms with E-state index >= 15 is 0 Å². The van der Waals surface area contributed by atoms with E-state index in [1.54, 1.807) is 19.0 Å². The van der Waals surface area contributed by atoms with Crippen LogP contribution < -0.4 is 0 Å². The minimum atomic E-state index is 0.0815. The normalized spacial score (nSPS) is 26.3. The van der Waals surface area contributed by atoms with Crippen LogP contribution in [0.5, 0.6) is 0 Å². The lowest BCUT2D eigenvalue weighted by molar-refractivity contribution is -0.130. The van der Waals surface area contributed by atoms with Gasteiger partial charge in [0.1, 0.15) is 0 Å². The molecule has 1 aliphatic rings. The fourth-order valence-electron chi connectivity index (χ4n) is 3.23. The van der Waals surface area contributed by atoms with Crippen LogP contribution in [-0.2, 0) is 4.79 Å². The highest BCUT2D eigenvalue weighted by Crippen LogP contribution is 2.34. The SMILES string of the molecule is CCCC1CCC(C#N)C(N(CC)CC(=O)N(C)C)C1. The molecule has 1 fully saturated rings. The standard InChI is InChI=1S/C16H29N3O/c1-5-7-13-8-9-14(11-17)15(10-13)19(6-2)12-16(20)18(3)4/h13-15H,5-10,12H2,1-4H3. The highest BCUT2D eigenvalue weighted by atomic mass is 16.2. The van der Waals surface area contributed by atoms with Gasteiger partial charge in [-0.1, -0.05) is 26.7 Å². The molecule has 0 aromatic rings. The van der Waals surface area contributed by atoms with Gasteiger partial charge in [0, 0.05) is 20.1 Å². The molecule has 1 rings (SSSR count). The maximum atomic E-state index is 12.0. The fraction of sp³-hybridized carbons (Fsp3) is 0.875. The first-order chi connectivity index (χ1) is 9.53. The van der Waals surface area contributed by atoms with Gasteiger partial charge in [0.2, 0.25) is 5.91 Å². The predicted molar refractivity (Wildman–Crippen MR) is 81.1 cm³/mol. The van der Waals surface area contributed by atoms with Gasteiger partial charge in [-0.3, -0.25) is 9.69 Å². The molecule has 0 saturated heterocycles. The lowest BCUT2D eigenvalue weighted by Gasteiger charge is -2.40. The number of hydrogen-bond acceptors (Lipinski definition) is 3. The number of nitriles is 1. The molecule has 114 valence electrons. The molecule has 3 atom stereocenters. The van der Waals surface area contributed by atoms with Crippen LogP contribution in [0.15, 0.2) is 0 Å². The minimum Gasteiger partial charge on any atom is -0.348 e. The van der Waals surface area contributed by atoms with Crippen molar-refractivity contribution >= 4 is 5.91 Å². The number of amides is 1. The van der Waals surface area contributed by atoms with Crippen LogP contribution in [-0.4, -0.2) is 48.9 Å². The Balaban J connectivity index is 2.74. The monoisotopic (exact) mass is 279 g/mol. The van der Waals surface area contributed by atoms with Gasteiger partial charge in [-0.15, -0.1) is 0 Å². The van der Waals surface area contributed by atoms with Crippen LogP contribution in [0.1, 0.15) is 46.0 Å². The molecule has 20 heavy (non-hydrogen) atoms. The van der Waals surface area contributed by atoms with Crippen molar-refractivity contribution in [1.29, 1.82) is 5.26 Å². The van der Waals surface area contributed by atoms with E-state index in [1.807, 2.05) is 0 Å².